The summed E-state index contributed by atoms with van der Waals surface area (Å²) in [5.41, 5.74) is 0.274. The van der Waals surface area contributed by atoms with Gasteiger partial charge in [-0.25, -0.2) is 4.39 Å². The number of hydrogen-bond acceptors (Lipinski definition) is 3. The summed E-state index contributed by atoms with van der Waals surface area (Å²) in [7, 11) is 0. The van der Waals surface area contributed by atoms with E-state index in [0.29, 0.717) is 18.5 Å². The second-order valence-electron chi connectivity index (χ2n) is 6.25. The van der Waals surface area contributed by atoms with Crippen LogP contribution < -0.4 is 10.6 Å². The van der Waals surface area contributed by atoms with Crippen molar-refractivity contribution in [3.63, 3.8) is 0 Å². The molecule has 1 aliphatic rings. The van der Waals surface area contributed by atoms with Gasteiger partial charge in [0.05, 0.1) is 0 Å². The van der Waals surface area contributed by atoms with Gasteiger partial charge in [0.2, 0.25) is 0 Å². The molecule has 0 spiro atoms. The molecule has 1 aromatic carbocycles. The molecule has 2 N–H and O–H groups in total. The van der Waals surface area contributed by atoms with Crippen LogP contribution in [-0.4, -0.2) is 42.4 Å². The summed E-state index contributed by atoms with van der Waals surface area (Å²) in [6.07, 6.45) is 2.04. The van der Waals surface area contributed by atoms with Gasteiger partial charge in [-0.1, -0.05) is 6.07 Å². The molecule has 0 unspecified atom stereocenters. The first-order valence-corrected chi connectivity index (χ1v) is 8.04. The summed E-state index contributed by atoms with van der Waals surface area (Å²) in [5.74, 6) is -1.51. The minimum absolute atomic E-state index is 0.274. The molecule has 1 aliphatic heterocycles. The second kappa shape index (κ2) is 8.06. The number of carbonyl (C=O) groups excluding carboxylic acids is 2. The number of amides is 2. The molecule has 0 saturated carbocycles. The third-order valence-electron chi connectivity index (χ3n) is 4.22. The summed E-state index contributed by atoms with van der Waals surface area (Å²) < 4.78 is 13.0. The van der Waals surface area contributed by atoms with E-state index < -0.39 is 17.6 Å². The number of benzene rings is 1. The SMILES string of the molecule is CC(C)N1CCC(CNC(=O)C(=O)Nc2cccc(F)c2)CC1. The number of piperidine rings is 1. The fourth-order valence-electron chi connectivity index (χ4n) is 2.74. The van der Waals surface area contributed by atoms with E-state index in [-0.39, 0.29) is 5.69 Å². The number of hydrogen-bond donors (Lipinski definition) is 2. The number of carbonyl (C=O) groups is 2. The first-order valence-electron chi connectivity index (χ1n) is 8.04. The number of nitrogens with one attached hydrogen (secondary N) is 2. The molecule has 0 bridgehead atoms. The molecule has 0 atom stereocenters. The fraction of sp³-hybridized carbons (Fsp3) is 0.529. The highest BCUT2D eigenvalue weighted by molar-refractivity contribution is 6.39. The van der Waals surface area contributed by atoms with Crippen LogP contribution in [0.3, 0.4) is 0 Å². The van der Waals surface area contributed by atoms with E-state index >= 15 is 0 Å². The van der Waals surface area contributed by atoms with Gasteiger partial charge in [-0.2, -0.15) is 0 Å². The number of anilines is 1. The Bertz CT molecular complexity index is 555. The van der Waals surface area contributed by atoms with E-state index in [1.165, 1.54) is 24.3 Å². The Morgan fingerprint density at radius 2 is 1.96 bits per heavy atom. The van der Waals surface area contributed by atoms with Crippen molar-refractivity contribution >= 4 is 17.5 Å². The van der Waals surface area contributed by atoms with Crippen molar-refractivity contribution in [3.05, 3.63) is 30.1 Å². The van der Waals surface area contributed by atoms with Gasteiger partial charge in [-0.3, -0.25) is 9.59 Å². The molecular weight excluding hydrogens is 297 g/mol. The van der Waals surface area contributed by atoms with E-state index in [1.54, 1.807) is 0 Å². The molecule has 6 heteroatoms. The normalized spacial score (nSPS) is 16.3. The van der Waals surface area contributed by atoms with Crippen LogP contribution in [0.15, 0.2) is 24.3 Å². The lowest BCUT2D eigenvalue weighted by molar-refractivity contribution is -0.136. The van der Waals surface area contributed by atoms with Gasteiger partial charge in [-0.05, 0) is 63.9 Å². The predicted molar refractivity (Wildman–Crippen MR) is 87.5 cm³/mol. The predicted octanol–water partition coefficient (Wildman–Crippen LogP) is 2.00. The average Bonchev–Trinajstić information content (AvgIpc) is 2.53. The van der Waals surface area contributed by atoms with Gasteiger partial charge in [-0.15, -0.1) is 0 Å². The van der Waals surface area contributed by atoms with Crippen molar-refractivity contribution < 1.29 is 14.0 Å². The fourth-order valence-corrected chi connectivity index (χ4v) is 2.74. The third kappa shape index (κ3) is 5.32. The van der Waals surface area contributed by atoms with Crippen molar-refractivity contribution in [2.24, 2.45) is 5.92 Å². The molecule has 1 aromatic rings. The van der Waals surface area contributed by atoms with Gasteiger partial charge in [0, 0.05) is 18.3 Å². The van der Waals surface area contributed by atoms with E-state index in [4.69, 9.17) is 0 Å². The molecule has 23 heavy (non-hydrogen) atoms. The van der Waals surface area contributed by atoms with Crippen LogP contribution in [-0.2, 0) is 9.59 Å². The standard InChI is InChI=1S/C17H24FN3O2/c1-12(2)21-8-6-13(7-9-21)11-19-16(22)17(23)20-15-5-3-4-14(18)10-15/h3-5,10,12-13H,6-9,11H2,1-2H3,(H,19,22)(H,20,23). The number of nitrogens with zero attached hydrogens (tertiary/aromatic N) is 1. The molecule has 0 aliphatic carbocycles. The van der Waals surface area contributed by atoms with Gasteiger partial charge in [0.15, 0.2) is 0 Å². The molecule has 5 nitrogen and oxygen atoms in total. The van der Waals surface area contributed by atoms with Crippen molar-refractivity contribution in [1.82, 2.24) is 10.2 Å². The molecule has 1 fully saturated rings. The Morgan fingerprint density at radius 3 is 2.57 bits per heavy atom. The highest BCUT2D eigenvalue weighted by Crippen LogP contribution is 2.18. The van der Waals surface area contributed by atoms with Crippen LogP contribution in [0.25, 0.3) is 0 Å². The highest BCUT2D eigenvalue weighted by Gasteiger charge is 2.22. The van der Waals surface area contributed by atoms with Crippen LogP contribution in [0, 0.1) is 11.7 Å². The van der Waals surface area contributed by atoms with Crippen molar-refractivity contribution in [2.45, 2.75) is 32.7 Å². The second-order valence-corrected chi connectivity index (χ2v) is 6.25. The summed E-state index contributed by atoms with van der Waals surface area (Å²) in [6.45, 7) is 6.90. The van der Waals surface area contributed by atoms with Gasteiger partial charge < -0.3 is 15.5 Å². The number of rotatable bonds is 4. The first-order chi connectivity index (χ1) is 11.0. The van der Waals surface area contributed by atoms with Crippen LogP contribution in [0.4, 0.5) is 10.1 Å². The topological polar surface area (TPSA) is 61.4 Å². The largest absolute Gasteiger partial charge is 0.348 e. The lowest BCUT2D eigenvalue weighted by Crippen LogP contribution is -2.43. The van der Waals surface area contributed by atoms with E-state index in [2.05, 4.69) is 29.4 Å². The molecule has 126 valence electrons. The summed E-state index contributed by atoms with van der Waals surface area (Å²) >= 11 is 0. The lowest BCUT2D eigenvalue weighted by atomic mass is 9.96. The van der Waals surface area contributed by atoms with E-state index in [1.807, 2.05) is 0 Å². The molecule has 1 heterocycles. The third-order valence-corrected chi connectivity index (χ3v) is 4.22. The van der Waals surface area contributed by atoms with Crippen molar-refractivity contribution in [1.29, 1.82) is 0 Å². The molecule has 1 saturated heterocycles. The Morgan fingerprint density at radius 1 is 1.26 bits per heavy atom. The zero-order valence-electron chi connectivity index (χ0n) is 13.6. The Hall–Kier alpha value is -1.95. The maximum Gasteiger partial charge on any atom is 0.313 e. The minimum atomic E-state index is -0.768. The monoisotopic (exact) mass is 321 g/mol. The van der Waals surface area contributed by atoms with Gasteiger partial charge in [0.25, 0.3) is 0 Å². The summed E-state index contributed by atoms with van der Waals surface area (Å²) in [6, 6.07) is 6.01. The Labute approximate surface area is 136 Å². The maximum absolute atomic E-state index is 13.0. The summed E-state index contributed by atoms with van der Waals surface area (Å²) in [5, 5.41) is 5.06. The number of likely N-dealkylation sites (tertiary alicyclic amines) is 1. The lowest BCUT2D eigenvalue weighted by Gasteiger charge is -2.34. The Balaban J connectivity index is 1.73. The average molecular weight is 321 g/mol. The quantitative estimate of drug-likeness (QED) is 0.834. The Kier molecular flexibility index (Phi) is 6.10. The zero-order chi connectivity index (χ0) is 16.8. The molecule has 2 rings (SSSR count). The van der Waals surface area contributed by atoms with Crippen LogP contribution >= 0.6 is 0 Å². The van der Waals surface area contributed by atoms with Gasteiger partial charge >= 0.3 is 11.8 Å². The van der Waals surface area contributed by atoms with E-state index in [0.717, 1.165) is 25.9 Å². The van der Waals surface area contributed by atoms with Gasteiger partial charge in [0.1, 0.15) is 5.82 Å². The van der Waals surface area contributed by atoms with Crippen molar-refractivity contribution in [3.8, 4) is 0 Å². The van der Waals surface area contributed by atoms with Crippen LogP contribution in [0.2, 0.25) is 0 Å². The molecule has 2 amide bonds. The molecular formula is C17H24FN3O2. The van der Waals surface area contributed by atoms with Crippen LogP contribution in [0.5, 0.6) is 0 Å². The molecule has 0 radical (unpaired) electrons. The highest BCUT2D eigenvalue weighted by atomic mass is 19.1. The number of halogens is 1. The summed E-state index contributed by atoms with van der Waals surface area (Å²) in [4.78, 5) is 26.0. The van der Waals surface area contributed by atoms with Crippen LogP contribution in [0.1, 0.15) is 26.7 Å². The smallest absolute Gasteiger partial charge is 0.313 e. The maximum atomic E-state index is 13.0. The zero-order valence-corrected chi connectivity index (χ0v) is 13.6. The van der Waals surface area contributed by atoms with Crippen molar-refractivity contribution in [2.75, 3.05) is 25.0 Å². The first kappa shape index (κ1) is 17.4. The van der Waals surface area contributed by atoms with E-state index in [9.17, 15) is 14.0 Å². The molecule has 0 aromatic heterocycles. The minimum Gasteiger partial charge on any atom is -0.348 e.